The van der Waals surface area contributed by atoms with E-state index >= 15 is 0 Å². The van der Waals surface area contributed by atoms with Crippen LogP contribution in [0, 0.1) is 0 Å². The van der Waals surface area contributed by atoms with Crippen LogP contribution in [0.15, 0.2) is 39.5 Å². The SMILES string of the molecule is CCCC(CC)Oc1ccc2ccc(=O)oc2c1. The minimum absolute atomic E-state index is 0.225. The van der Waals surface area contributed by atoms with Crippen molar-refractivity contribution in [3.05, 3.63) is 40.8 Å². The Morgan fingerprint density at radius 1 is 1.22 bits per heavy atom. The Labute approximate surface area is 106 Å². The molecule has 0 bridgehead atoms. The lowest BCUT2D eigenvalue weighted by molar-refractivity contribution is 0.186. The van der Waals surface area contributed by atoms with Crippen LogP contribution < -0.4 is 10.4 Å². The number of benzene rings is 1. The van der Waals surface area contributed by atoms with Gasteiger partial charge in [0.1, 0.15) is 11.3 Å². The number of hydrogen-bond acceptors (Lipinski definition) is 3. The van der Waals surface area contributed by atoms with Crippen LogP contribution in [0.4, 0.5) is 0 Å². The van der Waals surface area contributed by atoms with Gasteiger partial charge in [-0.2, -0.15) is 0 Å². The van der Waals surface area contributed by atoms with Gasteiger partial charge in [0.15, 0.2) is 0 Å². The van der Waals surface area contributed by atoms with Gasteiger partial charge in [-0.25, -0.2) is 4.79 Å². The second kappa shape index (κ2) is 5.71. The molecule has 0 spiro atoms. The summed E-state index contributed by atoms with van der Waals surface area (Å²) in [4.78, 5) is 11.2. The lowest BCUT2D eigenvalue weighted by Crippen LogP contribution is -2.14. The fourth-order valence-corrected chi connectivity index (χ4v) is 1.98. The molecule has 0 saturated heterocycles. The molecule has 0 N–H and O–H groups in total. The summed E-state index contributed by atoms with van der Waals surface area (Å²) in [5.41, 5.74) is 0.242. The van der Waals surface area contributed by atoms with E-state index in [0.29, 0.717) is 5.58 Å². The average Bonchev–Trinajstić information content (AvgIpc) is 2.37. The molecule has 2 aromatic rings. The fraction of sp³-hybridized carbons (Fsp3) is 0.400. The summed E-state index contributed by atoms with van der Waals surface area (Å²) in [7, 11) is 0. The monoisotopic (exact) mass is 246 g/mol. The minimum atomic E-state index is -0.333. The minimum Gasteiger partial charge on any atom is -0.490 e. The normalized spacial score (nSPS) is 12.6. The second-order valence-electron chi connectivity index (χ2n) is 4.39. The molecule has 1 aromatic carbocycles. The van der Waals surface area contributed by atoms with Crippen molar-refractivity contribution in [3.63, 3.8) is 0 Å². The van der Waals surface area contributed by atoms with Crippen molar-refractivity contribution < 1.29 is 9.15 Å². The van der Waals surface area contributed by atoms with Gasteiger partial charge in [-0.05, 0) is 31.0 Å². The maximum Gasteiger partial charge on any atom is 0.336 e. The highest BCUT2D eigenvalue weighted by molar-refractivity contribution is 5.77. The van der Waals surface area contributed by atoms with E-state index in [1.165, 1.54) is 6.07 Å². The molecule has 1 aromatic heterocycles. The standard InChI is InChI=1S/C15H18O3/c1-3-5-12(4-2)17-13-8-6-11-7-9-15(16)18-14(11)10-13/h6-10,12H,3-5H2,1-2H3. The molecule has 1 atom stereocenters. The topological polar surface area (TPSA) is 39.4 Å². The van der Waals surface area contributed by atoms with Crippen molar-refractivity contribution >= 4 is 11.0 Å². The highest BCUT2D eigenvalue weighted by Gasteiger charge is 2.08. The van der Waals surface area contributed by atoms with E-state index in [-0.39, 0.29) is 11.7 Å². The molecule has 0 aliphatic carbocycles. The number of ether oxygens (including phenoxy) is 1. The maximum atomic E-state index is 11.2. The Hall–Kier alpha value is -1.77. The molecule has 1 heterocycles. The molecule has 3 nitrogen and oxygen atoms in total. The molecule has 0 aliphatic heterocycles. The van der Waals surface area contributed by atoms with Gasteiger partial charge < -0.3 is 9.15 Å². The van der Waals surface area contributed by atoms with E-state index in [1.54, 1.807) is 12.1 Å². The van der Waals surface area contributed by atoms with E-state index in [9.17, 15) is 4.79 Å². The highest BCUT2D eigenvalue weighted by atomic mass is 16.5. The maximum absolute atomic E-state index is 11.2. The second-order valence-corrected chi connectivity index (χ2v) is 4.39. The number of hydrogen-bond donors (Lipinski definition) is 0. The van der Waals surface area contributed by atoms with Gasteiger partial charge >= 0.3 is 5.63 Å². The van der Waals surface area contributed by atoms with Crippen LogP contribution in [0.25, 0.3) is 11.0 Å². The van der Waals surface area contributed by atoms with E-state index in [0.717, 1.165) is 30.4 Å². The van der Waals surface area contributed by atoms with Crippen molar-refractivity contribution in [2.45, 2.75) is 39.2 Å². The molecule has 96 valence electrons. The van der Waals surface area contributed by atoms with Gasteiger partial charge in [0.05, 0.1) is 6.10 Å². The molecule has 0 aliphatic rings. The van der Waals surface area contributed by atoms with Crippen LogP contribution >= 0.6 is 0 Å². The van der Waals surface area contributed by atoms with Crippen LogP contribution in [0.5, 0.6) is 5.75 Å². The molecule has 1 unspecified atom stereocenters. The molecular weight excluding hydrogens is 228 g/mol. The van der Waals surface area contributed by atoms with Gasteiger partial charge in [0.25, 0.3) is 0 Å². The Kier molecular flexibility index (Phi) is 4.03. The molecule has 0 amide bonds. The number of fused-ring (bicyclic) bond motifs is 1. The first kappa shape index (κ1) is 12.7. The van der Waals surface area contributed by atoms with E-state index < -0.39 is 0 Å². The van der Waals surface area contributed by atoms with Crippen LogP contribution in [0.2, 0.25) is 0 Å². The van der Waals surface area contributed by atoms with Crippen molar-refractivity contribution in [1.29, 1.82) is 0 Å². The van der Waals surface area contributed by atoms with Crippen molar-refractivity contribution in [2.75, 3.05) is 0 Å². The van der Waals surface area contributed by atoms with Gasteiger partial charge in [-0.1, -0.05) is 20.3 Å². The van der Waals surface area contributed by atoms with Crippen molar-refractivity contribution in [3.8, 4) is 5.75 Å². The first-order valence-corrected chi connectivity index (χ1v) is 6.43. The summed E-state index contributed by atoms with van der Waals surface area (Å²) >= 11 is 0. The zero-order chi connectivity index (χ0) is 13.0. The zero-order valence-electron chi connectivity index (χ0n) is 10.8. The quantitative estimate of drug-likeness (QED) is 0.754. The van der Waals surface area contributed by atoms with Gasteiger partial charge in [0, 0.05) is 17.5 Å². The molecule has 0 radical (unpaired) electrons. The van der Waals surface area contributed by atoms with E-state index in [1.807, 2.05) is 12.1 Å². The summed E-state index contributed by atoms with van der Waals surface area (Å²) < 4.78 is 11.0. The summed E-state index contributed by atoms with van der Waals surface area (Å²) in [5, 5.41) is 0.908. The first-order valence-electron chi connectivity index (χ1n) is 6.43. The molecule has 2 rings (SSSR count). The fourth-order valence-electron chi connectivity index (χ4n) is 1.98. The zero-order valence-corrected chi connectivity index (χ0v) is 10.8. The lowest BCUT2D eigenvalue weighted by Gasteiger charge is -2.16. The van der Waals surface area contributed by atoms with Gasteiger partial charge in [0.2, 0.25) is 0 Å². The summed E-state index contributed by atoms with van der Waals surface area (Å²) in [5.74, 6) is 0.761. The molecule has 18 heavy (non-hydrogen) atoms. The molecule has 0 fully saturated rings. The van der Waals surface area contributed by atoms with Crippen LogP contribution in [-0.2, 0) is 0 Å². The Morgan fingerprint density at radius 2 is 2.00 bits per heavy atom. The third-order valence-corrected chi connectivity index (χ3v) is 2.96. The average molecular weight is 246 g/mol. The molecule has 3 heteroatoms. The van der Waals surface area contributed by atoms with E-state index in [4.69, 9.17) is 9.15 Å². The first-order chi connectivity index (χ1) is 8.72. The van der Waals surface area contributed by atoms with Crippen molar-refractivity contribution in [2.24, 2.45) is 0 Å². The lowest BCUT2D eigenvalue weighted by atomic mass is 10.1. The predicted octanol–water partition coefficient (Wildman–Crippen LogP) is 3.75. The van der Waals surface area contributed by atoms with Gasteiger partial charge in [-0.3, -0.25) is 0 Å². The summed E-state index contributed by atoms with van der Waals surface area (Å²) in [6.45, 7) is 4.26. The predicted molar refractivity (Wildman–Crippen MR) is 72.1 cm³/mol. The third-order valence-electron chi connectivity index (χ3n) is 2.96. The van der Waals surface area contributed by atoms with Crippen LogP contribution in [0.1, 0.15) is 33.1 Å². The molecule has 0 saturated carbocycles. The molecular formula is C15H18O3. The van der Waals surface area contributed by atoms with Gasteiger partial charge in [-0.15, -0.1) is 0 Å². The highest BCUT2D eigenvalue weighted by Crippen LogP contribution is 2.22. The van der Waals surface area contributed by atoms with Crippen LogP contribution in [0.3, 0.4) is 0 Å². The summed E-state index contributed by atoms with van der Waals surface area (Å²) in [6.07, 6.45) is 3.34. The van der Waals surface area contributed by atoms with E-state index in [2.05, 4.69) is 13.8 Å². The van der Waals surface area contributed by atoms with Crippen molar-refractivity contribution in [1.82, 2.24) is 0 Å². The third kappa shape index (κ3) is 2.92. The van der Waals surface area contributed by atoms with Crippen LogP contribution in [-0.4, -0.2) is 6.10 Å². The Balaban J connectivity index is 2.26. The Morgan fingerprint density at radius 3 is 2.72 bits per heavy atom. The Bertz CT molecular complexity index is 571. The number of rotatable bonds is 5. The smallest absolute Gasteiger partial charge is 0.336 e. The largest absolute Gasteiger partial charge is 0.490 e. The summed E-state index contributed by atoms with van der Waals surface area (Å²) in [6, 6.07) is 8.80.